The van der Waals surface area contributed by atoms with Crippen molar-refractivity contribution >= 4 is 28.6 Å². The number of carboxylic acids is 1. The fourth-order valence-corrected chi connectivity index (χ4v) is 3.94. The molecular weight excluding hydrogens is 422 g/mol. The number of hydrogen-bond donors (Lipinski definition) is 4. The molecule has 1 heterocycles. The molecule has 0 saturated carbocycles. The maximum absolute atomic E-state index is 13.4. The number of benzene rings is 3. The first kappa shape index (κ1) is 22.3. The zero-order valence-electron chi connectivity index (χ0n) is 18.1. The molecule has 0 aromatic heterocycles. The molecule has 33 heavy (non-hydrogen) atoms. The molecule has 1 aliphatic rings. The summed E-state index contributed by atoms with van der Waals surface area (Å²) in [5, 5.41) is 26.0. The van der Waals surface area contributed by atoms with Gasteiger partial charge in [-0.25, -0.2) is 0 Å². The van der Waals surface area contributed by atoms with Crippen LogP contribution in [0.5, 0.6) is 5.75 Å². The molecule has 0 spiro atoms. The molecule has 2 amide bonds. The molecule has 0 bridgehead atoms. The smallest absolute Gasteiger partial charge is 0.322 e. The first-order valence-electron chi connectivity index (χ1n) is 10.6. The summed E-state index contributed by atoms with van der Waals surface area (Å²) in [7, 11) is 1.68. The summed E-state index contributed by atoms with van der Waals surface area (Å²) in [6.07, 6.45) is 0.204. The Morgan fingerprint density at radius 3 is 2.39 bits per heavy atom. The standard InChI is InChI=1S/C25H25N3O5/c1-28(14-17-7-4-6-16-5-2-3-8-19(16)17)24(31)20(13-15-9-11-18(29)12-10-15)26-23(30)21-22(27-21)25(32)33/h2-12,20-22,27,29H,13-14H2,1H3,(H,26,30)(H,32,33)/t20-,21-,22-/m0/s1. The number of amides is 2. The summed E-state index contributed by atoms with van der Waals surface area (Å²) < 4.78 is 0. The fraction of sp³-hybridized carbons (Fsp3) is 0.240. The Kier molecular flexibility index (Phi) is 6.28. The molecule has 3 aromatic carbocycles. The molecule has 1 fully saturated rings. The second kappa shape index (κ2) is 9.30. The van der Waals surface area contributed by atoms with Crippen LogP contribution in [0.15, 0.2) is 66.7 Å². The van der Waals surface area contributed by atoms with Crippen molar-refractivity contribution in [2.75, 3.05) is 7.05 Å². The van der Waals surface area contributed by atoms with Gasteiger partial charge in [-0.1, -0.05) is 54.6 Å². The highest BCUT2D eigenvalue weighted by molar-refractivity contribution is 5.97. The van der Waals surface area contributed by atoms with Crippen molar-refractivity contribution < 1.29 is 24.6 Å². The first-order chi connectivity index (χ1) is 15.8. The van der Waals surface area contributed by atoms with Crippen LogP contribution in [0, 0.1) is 0 Å². The van der Waals surface area contributed by atoms with Gasteiger partial charge in [-0.3, -0.25) is 19.7 Å². The maximum atomic E-state index is 13.4. The SMILES string of the molecule is CN(Cc1cccc2ccccc12)C(=O)[C@H](Cc1ccc(O)cc1)NC(=O)[C@H]1N[C@@H]1C(=O)O. The van der Waals surface area contributed by atoms with E-state index in [-0.39, 0.29) is 18.1 Å². The molecule has 0 aliphatic carbocycles. The molecule has 0 unspecified atom stereocenters. The van der Waals surface area contributed by atoms with Gasteiger partial charge in [0.1, 0.15) is 23.9 Å². The minimum Gasteiger partial charge on any atom is -0.508 e. The van der Waals surface area contributed by atoms with E-state index in [1.165, 1.54) is 12.1 Å². The number of aromatic hydroxyl groups is 1. The van der Waals surface area contributed by atoms with Gasteiger partial charge in [0.25, 0.3) is 0 Å². The minimum absolute atomic E-state index is 0.102. The Bertz CT molecular complexity index is 1190. The summed E-state index contributed by atoms with van der Waals surface area (Å²) in [4.78, 5) is 38.6. The third kappa shape index (κ3) is 5.12. The lowest BCUT2D eigenvalue weighted by molar-refractivity contribution is -0.137. The molecule has 0 radical (unpaired) electrons. The van der Waals surface area contributed by atoms with E-state index in [1.807, 2.05) is 42.5 Å². The van der Waals surface area contributed by atoms with E-state index < -0.39 is 30.0 Å². The van der Waals surface area contributed by atoms with Gasteiger partial charge in [-0.2, -0.15) is 0 Å². The lowest BCUT2D eigenvalue weighted by Crippen LogP contribution is -2.50. The number of likely N-dealkylation sites (N-methyl/N-ethyl adjacent to an activating group) is 1. The largest absolute Gasteiger partial charge is 0.508 e. The molecule has 8 nitrogen and oxygen atoms in total. The van der Waals surface area contributed by atoms with Crippen molar-refractivity contribution in [2.45, 2.75) is 31.1 Å². The summed E-state index contributed by atoms with van der Waals surface area (Å²) in [5.41, 5.74) is 1.73. The molecule has 3 aromatic rings. The van der Waals surface area contributed by atoms with Crippen LogP contribution in [-0.4, -0.2) is 58.1 Å². The van der Waals surface area contributed by atoms with Gasteiger partial charge in [-0.05, 0) is 34.0 Å². The van der Waals surface area contributed by atoms with Crippen molar-refractivity contribution in [1.82, 2.24) is 15.5 Å². The number of phenols is 1. The average molecular weight is 447 g/mol. The van der Waals surface area contributed by atoms with Gasteiger partial charge in [0.2, 0.25) is 11.8 Å². The van der Waals surface area contributed by atoms with E-state index in [0.717, 1.165) is 21.9 Å². The molecule has 8 heteroatoms. The quantitative estimate of drug-likeness (QED) is 0.389. The van der Waals surface area contributed by atoms with Crippen molar-refractivity contribution in [3.8, 4) is 5.75 Å². The lowest BCUT2D eigenvalue weighted by atomic mass is 10.0. The van der Waals surface area contributed by atoms with Crippen LogP contribution >= 0.6 is 0 Å². The predicted octanol–water partition coefficient (Wildman–Crippen LogP) is 1.66. The van der Waals surface area contributed by atoms with Crippen LogP contribution in [0.3, 0.4) is 0 Å². The Balaban J connectivity index is 1.52. The van der Waals surface area contributed by atoms with Crippen LogP contribution in [-0.2, 0) is 27.3 Å². The monoisotopic (exact) mass is 447 g/mol. The average Bonchev–Trinajstić information content (AvgIpc) is 3.61. The molecular formula is C25H25N3O5. The van der Waals surface area contributed by atoms with Gasteiger partial charge in [0.15, 0.2) is 0 Å². The van der Waals surface area contributed by atoms with E-state index >= 15 is 0 Å². The van der Waals surface area contributed by atoms with E-state index in [2.05, 4.69) is 10.6 Å². The fourth-order valence-electron chi connectivity index (χ4n) is 3.94. The number of rotatable bonds is 8. The Morgan fingerprint density at radius 2 is 1.70 bits per heavy atom. The summed E-state index contributed by atoms with van der Waals surface area (Å²) in [6, 6.07) is 17.5. The topological polar surface area (TPSA) is 129 Å². The van der Waals surface area contributed by atoms with Crippen molar-refractivity contribution in [2.24, 2.45) is 0 Å². The minimum atomic E-state index is -1.11. The Hall–Kier alpha value is -3.91. The number of phenolic OH excluding ortho intramolecular Hbond substituents is 1. The normalized spacial score (nSPS) is 17.8. The second-order valence-corrected chi connectivity index (χ2v) is 8.22. The number of hydrogen-bond acceptors (Lipinski definition) is 5. The number of nitrogens with one attached hydrogen (secondary N) is 2. The van der Waals surface area contributed by atoms with Crippen LogP contribution in [0.2, 0.25) is 0 Å². The van der Waals surface area contributed by atoms with Gasteiger partial charge in [0, 0.05) is 20.0 Å². The molecule has 1 aliphatic heterocycles. The van der Waals surface area contributed by atoms with Crippen LogP contribution in [0.1, 0.15) is 11.1 Å². The van der Waals surface area contributed by atoms with Crippen LogP contribution in [0.25, 0.3) is 10.8 Å². The highest BCUT2D eigenvalue weighted by Crippen LogP contribution is 2.21. The predicted molar refractivity (Wildman–Crippen MR) is 123 cm³/mol. The van der Waals surface area contributed by atoms with Crippen molar-refractivity contribution in [3.63, 3.8) is 0 Å². The Morgan fingerprint density at radius 1 is 1.00 bits per heavy atom. The highest BCUT2D eigenvalue weighted by Gasteiger charge is 2.48. The molecule has 4 rings (SSSR count). The van der Waals surface area contributed by atoms with Crippen LogP contribution in [0.4, 0.5) is 0 Å². The number of aliphatic carboxylic acids is 1. The second-order valence-electron chi connectivity index (χ2n) is 8.22. The highest BCUT2D eigenvalue weighted by atomic mass is 16.4. The lowest BCUT2D eigenvalue weighted by Gasteiger charge is -2.25. The van der Waals surface area contributed by atoms with Gasteiger partial charge >= 0.3 is 5.97 Å². The summed E-state index contributed by atoms with van der Waals surface area (Å²) in [5.74, 6) is -1.83. The van der Waals surface area contributed by atoms with E-state index in [9.17, 15) is 19.5 Å². The molecule has 1 saturated heterocycles. The van der Waals surface area contributed by atoms with E-state index in [4.69, 9.17) is 5.11 Å². The summed E-state index contributed by atoms with van der Waals surface area (Å²) in [6.45, 7) is 0.349. The van der Waals surface area contributed by atoms with Gasteiger partial charge in [-0.15, -0.1) is 0 Å². The molecule has 170 valence electrons. The number of carbonyl (C=O) groups is 3. The van der Waals surface area contributed by atoms with Gasteiger partial charge < -0.3 is 20.4 Å². The number of carboxylic acid groups (broad SMARTS) is 1. The van der Waals surface area contributed by atoms with Crippen molar-refractivity contribution in [1.29, 1.82) is 0 Å². The van der Waals surface area contributed by atoms with Crippen LogP contribution < -0.4 is 10.6 Å². The zero-order chi connectivity index (χ0) is 23.5. The summed E-state index contributed by atoms with van der Waals surface area (Å²) >= 11 is 0. The molecule has 4 N–H and O–H groups in total. The maximum Gasteiger partial charge on any atom is 0.322 e. The zero-order valence-corrected chi connectivity index (χ0v) is 18.1. The number of carbonyl (C=O) groups excluding carboxylic acids is 2. The van der Waals surface area contributed by atoms with E-state index in [0.29, 0.717) is 6.54 Å². The van der Waals surface area contributed by atoms with Gasteiger partial charge in [0.05, 0.1) is 0 Å². The molecule has 3 atom stereocenters. The number of nitrogens with zero attached hydrogens (tertiary/aromatic N) is 1. The van der Waals surface area contributed by atoms with E-state index in [1.54, 1.807) is 24.1 Å². The van der Waals surface area contributed by atoms with Crippen molar-refractivity contribution in [3.05, 3.63) is 77.9 Å². The third-order valence-electron chi connectivity index (χ3n) is 5.79. The number of fused-ring (bicyclic) bond motifs is 1. The third-order valence-corrected chi connectivity index (χ3v) is 5.79. The first-order valence-corrected chi connectivity index (χ1v) is 10.6. The Labute approximate surface area is 190 Å².